The maximum absolute atomic E-state index is 13.4. The number of benzene rings is 3. The topological polar surface area (TPSA) is 63.2 Å². The van der Waals surface area contributed by atoms with Gasteiger partial charge in [-0.2, -0.15) is 0 Å². The molecule has 1 aliphatic rings. The van der Waals surface area contributed by atoms with Gasteiger partial charge in [0.15, 0.2) is 11.6 Å². The molecule has 1 N–H and O–H groups in total. The highest BCUT2D eigenvalue weighted by Gasteiger charge is 2.55. The standard InChI is InChI=1S/C25H21NO3/c1-2-17-9-8-12-19(15-17)26-22(27)16-25(18-10-4-3-5-11-18)23(28)20-13-6-7-14-21(20)24(25)29/h3-15H,2,16H2,1H3,(H,26,27). The van der Waals surface area contributed by atoms with E-state index in [1.54, 1.807) is 54.6 Å². The Morgan fingerprint density at radius 3 is 2.07 bits per heavy atom. The summed E-state index contributed by atoms with van der Waals surface area (Å²) in [5, 5.41) is 2.86. The van der Waals surface area contributed by atoms with Crippen molar-refractivity contribution in [1.29, 1.82) is 0 Å². The molecule has 0 spiro atoms. The third-order valence-corrected chi connectivity index (χ3v) is 5.50. The quantitative estimate of drug-likeness (QED) is 0.655. The number of anilines is 1. The first-order chi connectivity index (χ1) is 14.1. The summed E-state index contributed by atoms with van der Waals surface area (Å²) in [6, 6.07) is 23.2. The fourth-order valence-corrected chi connectivity index (χ4v) is 4.00. The monoisotopic (exact) mass is 383 g/mol. The molecule has 0 unspecified atom stereocenters. The van der Waals surface area contributed by atoms with E-state index in [4.69, 9.17) is 0 Å². The van der Waals surface area contributed by atoms with E-state index in [0.29, 0.717) is 22.4 Å². The Labute approximate surface area is 169 Å². The van der Waals surface area contributed by atoms with Crippen LogP contribution in [-0.4, -0.2) is 17.5 Å². The fraction of sp³-hybridized carbons (Fsp3) is 0.160. The molecule has 29 heavy (non-hydrogen) atoms. The zero-order chi connectivity index (χ0) is 20.4. The van der Waals surface area contributed by atoms with Gasteiger partial charge < -0.3 is 5.32 Å². The van der Waals surface area contributed by atoms with Gasteiger partial charge in [-0.25, -0.2) is 0 Å². The molecule has 0 bridgehead atoms. The molecule has 144 valence electrons. The predicted molar refractivity (Wildman–Crippen MR) is 112 cm³/mol. The SMILES string of the molecule is CCc1cccc(NC(=O)CC2(c3ccccc3)C(=O)c3ccccc3C2=O)c1. The van der Waals surface area contributed by atoms with E-state index in [1.807, 2.05) is 31.2 Å². The van der Waals surface area contributed by atoms with Crippen molar-refractivity contribution in [3.8, 4) is 0 Å². The molecule has 0 fully saturated rings. The minimum atomic E-state index is -1.53. The van der Waals surface area contributed by atoms with Crippen LogP contribution in [0.3, 0.4) is 0 Å². The molecule has 0 aliphatic heterocycles. The molecule has 1 aliphatic carbocycles. The van der Waals surface area contributed by atoms with Gasteiger partial charge in [0.25, 0.3) is 0 Å². The van der Waals surface area contributed by atoms with E-state index in [0.717, 1.165) is 12.0 Å². The van der Waals surface area contributed by atoms with Crippen LogP contribution in [0.4, 0.5) is 5.69 Å². The molecule has 0 radical (unpaired) electrons. The van der Waals surface area contributed by atoms with Gasteiger partial charge in [0.05, 0.1) is 6.42 Å². The molecule has 3 aromatic carbocycles. The van der Waals surface area contributed by atoms with Crippen molar-refractivity contribution in [3.05, 3.63) is 101 Å². The Bertz CT molecular complexity index is 1070. The smallest absolute Gasteiger partial charge is 0.226 e. The summed E-state index contributed by atoms with van der Waals surface area (Å²) in [5.41, 5.74) is 1.53. The maximum atomic E-state index is 13.4. The van der Waals surface area contributed by atoms with Crippen molar-refractivity contribution < 1.29 is 14.4 Å². The molecule has 4 rings (SSSR count). The average Bonchev–Trinajstić information content (AvgIpc) is 2.97. The van der Waals surface area contributed by atoms with Gasteiger partial charge in [0.1, 0.15) is 5.41 Å². The third kappa shape index (κ3) is 3.17. The highest BCUT2D eigenvalue weighted by Crippen LogP contribution is 2.42. The number of amides is 1. The number of carbonyl (C=O) groups excluding carboxylic acids is 3. The van der Waals surface area contributed by atoms with Gasteiger partial charge in [-0.15, -0.1) is 0 Å². The lowest BCUT2D eigenvalue weighted by atomic mass is 9.73. The molecule has 0 saturated carbocycles. The van der Waals surface area contributed by atoms with Crippen LogP contribution in [-0.2, 0) is 16.6 Å². The first-order valence-corrected chi connectivity index (χ1v) is 9.69. The van der Waals surface area contributed by atoms with Crippen LogP contribution in [0.1, 0.15) is 45.2 Å². The first-order valence-electron chi connectivity index (χ1n) is 9.69. The molecule has 0 aromatic heterocycles. The Morgan fingerprint density at radius 1 is 0.828 bits per heavy atom. The lowest BCUT2D eigenvalue weighted by Gasteiger charge is -2.26. The summed E-state index contributed by atoms with van der Waals surface area (Å²) in [5.74, 6) is -1.000. The molecule has 0 heterocycles. The van der Waals surface area contributed by atoms with E-state index in [2.05, 4.69) is 5.32 Å². The van der Waals surface area contributed by atoms with Crippen LogP contribution < -0.4 is 5.32 Å². The number of carbonyl (C=O) groups is 3. The normalized spacial score (nSPS) is 14.5. The van der Waals surface area contributed by atoms with Gasteiger partial charge in [-0.05, 0) is 29.7 Å². The number of ketones is 2. The van der Waals surface area contributed by atoms with Crippen molar-refractivity contribution in [2.45, 2.75) is 25.2 Å². The first kappa shape index (κ1) is 18.8. The zero-order valence-electron chi connectivity index (χ0n) is 16.1. The zero-order valence-corrected chi connectivity index (χ0v) is 16.1. The van der Waals surface area contributed by atoms with Crippen LogP contribution in [0.5, 0.6) is 0 Å². The van der Waals surface area contributed by atoms with Crippen LogP contribution in [0.15, 0.2) is 78.9 Å². The number of aryl methyl sites for hydroxylation is 1. The highest BCUT2D eigenvalue weighted by molar-refractivity contribution is 6.34. The largest absolute Gasteiger partial charge is 0.326 e. The number of hydrogen-bond acceptors (Lipinski definition) is 3. The Balaban J connectivity index is 1.73. The Kier molecular flexibility index (Phi) is 4.85. The molecule has 3 aromatic rings. The minimum Gasteiger partial charge on any atom is -0.326 e. The second kappa shape index (κ2) is 7.47. The molecule has 4 nitrogen and oxygen atoms in total. The van der Waals surface area contributed by atoms with E-state index < -0.39 is 5.41 Å². The molecule has 4 heteroatoms. The van der Waals surface area contributed by atoms with Crippen molar-refractivity contribution in [2.24, 2.45) is 0 Å². The summed E-state index contributed by atoms with van der Waals surface area (Å²) >= 11 is 0. The minimum absolute atomic E-state index is 0.236. The van der Waals surface area contributed by atoms with Gasteiger partial charge in [0.2, 0.25) is 5.91 Å². The van der Waals surface area contributed by atoms with E-state index in [-0.39, 0.29) is 23.9 Å². The van der Waals surface area contributed by atoms with Gasteiger partial charge >= 0.3 is 0 Å². The second-order valence-electron chi connectivity index (χ2n) is 7.25. The molecule has 0 atom stereocenters. The second-order valence-corrected chi connectivity index (χ2v) is 7.25. The predicted octanol–water partition coefficient (Wildman–Crippen LogP) is 4.59. The maximum Gasteiger partial charge on any atom is 0.226 e. The van der Waals surface area contributed by atoms with Crippen LogP contribution >= 0.6 is 0 Å². The molecule has 1 amide bonds. The number of Topliss-reactive ketones (excluding diaryl/α,β-unsaturated/α-hetero) is 2. The highest BCUT2D eigenvalue weighted by atomic mass is 16.2. The average molecular weight is 383 g/mol. The summed E-state index contributed by atoms with van der Waals surface area (Å²) in [6.07, 6.45) is 0.615. The number of rotatable bonds is 5. The van der Waals surface area contributed by atoms with Gasteiger partial charge in [0, 0.05) is 16.8 Å². The van der Waals surface area contributed by atoms with E-state index in [9.17, 15) is 14.4 Å². The molecule has 0 saturated heterocycles. The fourth-order valence-electron chi connectivity index (χ4n) is 4.00. The van der Waals surface area contributed by atoms with E-state index >= 15 is 0 Å². The lowest BCUT2D eigenvalue weighted by molar-refractivity contribution is -0.116. The number of nitrogens with one attached hydrogen (secondary N) is 1. The van der Waals surface area contributed by atoms with Crippen molar-refractivity contribution in [1.82, 2.24) is 0 Å². The van der Waals surface area contributed by atoms with Gasteiger partial charge in [-0.1, -0.05) is 73.7 Å². The van der Waals surface area contributed by atoms with Gasteiger partial charge in [-0.3, -0.25) is 14.4 Å². The number of hydrogen-bond donors (Lipinski definition) is 1. The van der Waals surface area contributed by atoms with Crippen molar-refractivity contribution in [3.63, 3.8) is 0 Å². The Hall–Kier alpha value is -3.53. The molecular formula is C25H21NO3. The van der Waals surface area contributed by atoms with Crippen LogP contribution in [0.2, 0.25) is 0 Å². The summed E-state index contributed by atoms with van der Waals surface area (Å²) in [7, 11) is 0. The number of fused-ring (bicyclic) bond motifs is 1. The van der Waals surface area contributed by atoms with E-state index in [1.165, 1.54) is 0 Å². The third-order valence-electron chi connectivity index (χ3n) is 5.50. The lowest BCUT2D eigenvalue weighted by Crippen LogP contribution is -2.41. The van der Waals surface area contributed by atoms with Crippen LogP contribution in [0, 0.1) is 0 Å². The van der Waals surface area contributed by atoms with Crippen LogP contribution in [0.25, 0.3) is 0 Å². The van der Waals surface area contributed by atoms with Crippen molar-refractivity contribution in [2.75, 3.05) is 5.32 Å². The summed E-state index contributed by atoms with van der Waals surface area (Å²) < 4.78 is 0. The summed E-state index contributed by atoms with van der Waals surface area (Å²) in [4.78, 5) is 39.8. The van der Waals surface area contributed by atoms with Crippen molar-refractivity contribution >= 4 is 23.2 Å². The Morgan fingerprint density at radius 2 is 1.45 bits per heavy atom. The molecular weight excluding hydrogens is 362 g/mol. The summed E-state index contributed by atoms with van der Waals surface area (Å²) in [6.45, 7) is 2.04.